The van der Waals surface area contributed by atoms with E-state index in [0.29, 0.717) is 11.4 Å². The number of rotatable bonds is 6. The van der Waals surface area contributed by atoms with E-state index >= 15 is 0 Å². The SMILES string of the molecule is CCCS(=O)(=O)c1c(N)nsc1NCC(=O)N1CCCC1. The summed E-state index contributed by atoms with van der Waals surface area (Å²) in [4.78, 5) is 13.8. The third kappa shape index (κ3) is 3.65. The standard InChI is InChI=1S/C12H20N4O3S2/c1-2-7-21(18,19)10-11(13)15-20-12(10)14-8-9(17)16-5-3-4-6-16/h14H,2-8H2,1H3,(H2,13,15). The van der Waals surface area contributed by atoms with Crippen molar-refractivity contribution in [2.45, 2.75) is 31.1 Å². The molecule has 0 atom stereocenters. The van der Waals surface area contributed by atoms with Gasteiger partial charge in [-0.25, -0.2) is 8.42 Å². The molecule has 1 fully saturated rings. The summed E-state index contributed by atoms with van der Waals surface area (Å²) in [5.74, 6) is -0.00689. The van der Waals surface area contributed by atoms with E-state index in [1.807, 2.05) is 0 Å². The Hall–Kier alpha value is -1.35. The number of sulfone groups is 1. The van der Waals surface area contributed by atoms with Crippen molar-refractivity contribution in [3.63, 3.8) is 0 Å². The summed E-state index contributed by atoms with van der Waals surface area (Å²) in [5, 5.41) is 3.24. The Morgan fingerprint density at radius 1 is 1.43 bits per heavy atom. The molecule has 0 bridgehead atoms. The molecule has 1 aromatic rings. The van der Waals surface area contributed by atoms with Gasteiger partial charge in [0.25, 0.3) is 0 Å². The van der Waals surface area contributed by atoms with E-state index in [0.717, 1.165) is 37.5 Å². The number of anilines is 2. The molecule has 2 rings (SSSR count). The quantitative estimate of drug-likeness (QED) is 0.803. The zero-order chi connectivity index (χ0) is 15.5. The van der Waals surface area contributed by atoms with Crippen molar-refractivity contribution in [1.82, 2.24) is 9.27 Å². The van der Waals surface area contributed by atoms with Crippen LogP contribution in [0.25, 0.3) is 0 Å². The number of hydrogen-bond donors (Lipinski definition) is 2. The summed E-state index contributed by atoms with van der Waals surface area (Å²) in [6.45, 7) is 3.40. The van der Waals surface area contributed by atoms with Gasteiger partial charge in [-0.15, -0.1) is 0 Å². The Balaban J connectivity index is 2.09. The van der Waals surface area contributed by atoms with Crippen molar-refractivity contribution < 1.29 is 13.2 Å². The van der Waals surface area contributed by atoms with Crippen LogP contribution in [0.3, 0.4) is 0 Å². The van der Waals surface area contributed by atoms with Gasteiger partial charge in [0.2, 0.25) is 5.91 Å². The molecule has 1 aliphatic rings. The highest BCUT2D eigenvalue weighted by Crippen LogP contribution is 2.32. The predicted molar refractivity (Wildman–Crippen MR) is 83.2 cm³/mol. The van der Waals surface area contributed by atoms with Crippen LogP contribution in [0.5, 0.6) is 0 Å². The van der Waals surface area contributed by atoms with E-state index in [-0.39, 0.29) is 28.9 Å². The maximum Gasteiger partial charge on any atom is 0.241 e. The predicted octanol–water partition coefficient (Wildman–Crippen LogP) is 0.943. The van der Waals surface area contributed by atoms with Gasteiger partial charge >= 0.3 is 0 Å². The second kappa shape index (κ2) is 6.61. The smallest absolute Gasteiger partial charge is 0.241 e. The van der Waals surface area contributed by atoms with Gasteiger partial charge in [0.1, 0.15) is 9.90 Å². The van der Waals surface area contributed by atoms with E-state index in [2.05, 4.69) is 9.69 Å². The van der Waals surface area contributed by atoms with Gasteiger partial charge in [-0.2, -0.15) is 4.37 Å². The lowest BCUT2D eigenvalue weighted by atomic mass is 10.4. The van der Waals surface area contributed by atoms with Crippen molar-refractivity contribution in [3.8, 4) is 0 Å². The fraction of sp³-hybridized carbons (Fsp3) is 0.667. The fourth-order valence-electron chi connectivity index (χ4n) is 2.31. The summed E-state index contributed by atoms with van der Waals surface area (Å²) >= 11 is 0.977. The monoisotopic (exact) mass is 332 g/mol. The number of carbonyl (C=O) groups is 1. The van der Waals surface area contributed by atoms with Gasteiger partial charge in [-0.1, -0.05) is 6.92 Å². The summed E-state index contributed by atoms with van der Waals surface area (Å²) < 4.78 is 28.3. The van der Waals surface area contributed by atoms with Crippen molar-refractivity contribution in [2.75, 3.05) is 36.4 Å². The first-order valence-corrected chi connectivity index (χ1v) is 9.38. The van der Waals surface area contributed by atoms with E-state index in [1.165, 1.54) is 0 Å². The topological polar surface area (TPSA) is 105 Å². The highest BCUT2D eigenvalue weighted by atomic mass is 32.2. The minimum atomic E-state index is -3.46. The molecule has 0 aromatic carbocycles. The molecule has 0 spiro atoms. The number of nitrogen functional groups attached to an aromatic ring is 1. The highest BCUT2D eigenvalue weighted by Gasteiger charge is 2.25. The number of hydrogen-bond acceptors (Lipinski definition) is 7. The molecule has 0 saturated carbocycles. The van der Waals surface area contributed by atoms with Gasteiger partial charge in [-0.3, -0.25) is 4.79 Å². The fourth-order valence-corrected chi connectivity index (χ4v) is 4.93. The number of nitrogens with zero attached hydrogens (tertiary/aromatic N) is 2. The Morgan fingerprint density at radius 3 is 2.71 bits per heavy atom. The molecule has 7 nitrogen and oxygen atoms in total. The number of amides is 1. The largest absolute Gasteiger partial charge is 0.382 e. The van der Waals surface area contributed by atoms with Crippen LogP contribution in [-0.2, 0) is 14.6 Å². The molecule has 21 heavy (non-hydrogen) atoms. The van der Waals surface area contributed by atoms with E-state index in [9.17, 15) is 13.2 Å². The summed E-state index contributed by atoms with van der Waals surface area (Å²) in [6.07, 6.45) is 2.55. The summed E-state index contributed by atoms with van der Waals surface area (Å²) in [7, 11) is -3.46. The van der Waals surface area contributed by atoms with E-state index in [1.54, 1.807) is 11.8 Å². The molecule has 3 N–H and O–H groups in total. The summed E-state index contributed by atoms with van der Waals surface area (Å²) in [6, 6.07) is 0. The van der Waals surface area contributed by atoms with Crippen LogP contribution in [0.1, 0.15) is 26.2 Å². The zero-order valence-corrected chi connectivity index (χ0v) is 13.6. The van der Waals surface area contributed by atoms with Gasteiger partial charge < -0.3 is 16.0 Å². The highest BCUT2D eigenvalue weighted by molar-refractivity contribution is 7.91. The molecule has 0 aliphatic carbocycles. The molecule has 1 amide bonds. The number of nitrogens with two attached hydrogens (primary N) is 1. The Bertz CT molecular complexity index is 606. The van der Waals surface area contributed by atoms with Crippen LogP contribution in [-0.4, -0.2) is 49.0 Å². The molecule has 0 unspecified atom stereocenters. The lowest BCUT2D eigenvalue weighted by molar-refractivity contribution is -0.128. The van der Waals surface area contributed by atoms with Crippen molar-refractivity contribution in [3.05, 3.63) is 0 Å². The van der Waals surface area contributed by atoms with Crippen LogP contribution in [0.2, 0.25) is 0 Å². The zero-order valence-electron chi connectivity index (χ0n) is 12.0. The Morgan fingerprint density at radius 2 is 2.10 bits per heavy atom. The molecule has 0 radical (unpaired) electrons. The molecule has 2 heterocycles. The number of aromatic nitrogens is 1. The lowest BCUT2D eigenvalue weighted by Gasteiger charge is -2.15. The summed E-state index contributed by atoms with van der Waals surface area (Å²) in [5.41, 5.74) is 5.67. The first kappa shape index (κ1) is 16.0. The average molecular weight is 332 g/mol. The molecular weight excluding hydrogens is 312 g/mol. The van der Waals surface area contributed by atoms with E-state index < -0.39 is 9.84 Å². The van der Waals surface area contributed by atoms with Crippen molar-refractivity contribution >= 4 is 38.1 Å². The molecule has 9 heteroatoms. The lowest BCUT2D eigenvalue weighted by Crippen LogP contribution is -2.33. The number of likely N-dealkylation sites (tertiary alicyclic amines) is 1. The van der Waals surface area contributed by atoms with Crippen LogP contribution >= 0.6 is 11.5 Å². The van der Waals surface area contributed by atoms with Crippen molar-refractivity contribution in [2.24, 2.45) is 0 Å². The minimum absolute atomic E-state index is 0.00423. The molecule has 1 saturated heterocycles. The average Bonchev–Trinajstić information content (AvgIpc) is 3.05. The second-order valence-electron chi connectivity index (χ2n) is 4.99. The normalized spacial score (nSPS) is 15.4. The van der Waals surface area contributed by atoms with Crippen molar-refractivity contribution in [1.29, 1.82) is 0 Å². The molecule has 118 valence electrons. The third-order valence-electron chi connectivity index (χ3n) is 3.32. The first-order chi connectivity index (χ1) is 9.95. The Kier molecular flexibility index (Phi) is 5.04. The molecule has 1 aliphatic heterocycles. The van der Waals surface area contributed by atoms with Crippen LogP contribution in [0.4, 0.5) is 10.8 Å². The van der Waals surface area contributed by atoms with Gasteiger partial charge in [0, 0.05) is 13.1 Å². The van der Waals surface area contributed by atoms with Crippen LogP contribution in [0.15, 0.2) is 4.90 Å². The third-order valence-corrected chi connectivity index (χ3v) is 6.25. The van der Waals surface area contributed by atoms with Crippen LogP contribution < -0.4 is 11.1 Å². The second-order valence-corrected chi connectivity index (χ2v) is 7.81. The Labute approximate surface area is 128 Å². The maximum atomic E-state index is 12.2. The van der Waals surface area contributed by atoms with Gasteiger partial charge in [-0.05, 0) is 30.8 Å². The molecular formula is C12H20N4O3S2. The first-order valence-electron chi connectivity index (χ1n) is 6.95. The van der Waals surface area contributed by atoms with Gasteiger partial charge in [0.15, 0.2) is 15.7 Å². The maximum absolute atomic E-state index is 12.2. The minimum Gasteiger partial charge on any atom is -0.382 e. The van der Waals surface area contributed by atoms with E-state index in [4.69, 9.17) is 5.73 Å². The van der Waals surface area contributed by atoms with Gasteiger partial charge in [0.05, 0.1) is 12.3 Å². The van der Waals surface area contributed by atoms with Crippen LogP contribution in [0, 0.1) is 0 Å². The molecule has 1 aromatic heterocycles. The number of nitrogens with one attached hydrogen (secondary N) is 1. The number of carbonyl (C=O) groups excluding carboxylic acids is 1.